The number of hydrogen-bond donors (Lipinski definition) is 2. The van der Waals surface area contributed by atoms with Gasteiger partial charge in [0.1, 0.15) is 25.1 Å². The second kappa shape index (κ2) is 8.20. The van der Waals surface area contributed by atoms with Gasteiger partial charge in [-0.05, 0) is 12.0 Å². The number of nitrogens with two attached hydrogens (primary N) is 1. The molecule has 1 heterocycles. The van der Waals surface area contributed by atoms with Gasteiger partial charge in [0.15, 0.2) is 11.6 Å². The maximum absolute atomic E-state index is 8.85. The first-order valence-corrected chi connectivity index (χ1v) is 7.13. The molecule has 0 saturated carbocycles. The van der Waals surface area contributed by atoms with Crippen LogP contribution in [0.5, 0.6) is 0 Å². The van der Waals surface area contributed by atoms with Crippen LogP contribution in [0.3, 0.4) is 0 Å². The Bertz CT molecular complexity index is 699. The number of anilines is 3. The van der Waals surface area contributed by atoms with Gasteiger partial charge in [-0.2, -0.15) is 10.5 Å². The maximum atomic E-state index is 8.85. The van der Waals surface area contributed by atoms with Gasteiger partial charge in [-0.15, -0.1) is 0 Å². The molecule has 1 aromatic heterocycles. The van der Waals surface area contributed by atoms with E-state index in [4.69, 9.17) is 16.3 Å². The van der Waals surface area contributed by atoms with Crippen LogP contribution in [-0.4, -0.2) is 29.6 Å². The number of nitrogen functional groups attached to an aromatic ring is 1. The van der Waals surface area contributed by atoms with Gasteiger partial charge in [-0.1, -0.05) is 30.3 Å². The standard InChI is InChI=1S/C16H17N7/c17-7-10-23(11-8-18)16-14(19)15(21-12-22-16)20-9-6-13-4-2-1-3-5-13/h1-5,12H,6,9-11,19H2,(H,20,21,22). The summed E-state index contributed by atoms with van der Waals surface area (Å²) in [5.41, 5.74) is 7.63. The summed E-state index contributed by atoms with van der Waals surface area (Å²) in [4.78, 5) is 9.74. The van der Waals surface area contributed by atoms with Gasteiger partial charge in [0, 0.05) is 6.54 Å². The molecule has 116 valence electrons. The first-order valence-electron chi connectivity index (χ1n) is 7.13. The highest BCUT2D eigenvalue weighted by Gasteiger charge is 2.14. The van der Waals surface area contributed by atoms with E-state index in [0.717, 1.165) is 6.42 Å². The molecule has 2 rings (SSSR count). The zero-order valence-corrected chi connectivity index (χ0v) is 12.6. The van der Waals surface area contributed by atoms with Crippen LogP contribution in [-0.2, 0) is 6.42 Å². The lowest BCUT2D eigenvalue weighted by Crippen LogP contribution is -2.26. The Hall–Kier alpha value is -3.32. The van der Waals surface area contributed by atoms with Crippen molar-refractivity contribution < 1.29 is 0 Å². The molecule has 0 radical (unpaired) electrons. The lowest BCUT2D eigenvalue weighted by molar-refractivity contribution is 0.925. The van der Waals surface area contributed by atoms with Crippen molar-refractivity contribution in [3.8, 4) is 12.1 Å². The zero-order chi connectivity index (χ0) is 16.5. The normalized spacial score (nSPS) is 9.65. The number of nitrogens with one attached hydrogen (secondary N) is 1. The van der Waals surface area contributed by atoms with E-state index in [9.17, 15) is 0 Å². The van der Waals surface area contributed by atoms with Gasteiger partial charge in [0.05, 0.1) is 12.1 Å². The SMILES string of the molecule is N#CCN(CC#N)c1ncnc(NCCc2ccccc2)c1N. The first-order chi connectivity index (χ1) is 11.3. The summed E-state index contributed by atoms with van der Waals surface area (Å²) in [5.74, 6) is 0.900. The van der Waals surface area contributed by atoms with Crippen molar-refractivity contribution in [3.63, 3.8) is 0 Å². The monoisotopic (exact) mass is 307 g/mol. The zero-order valence-electron chi connectivity index (χ0n) is 12.6. The van der Waals surface area contributed by atoms with E-state index in [2.05, 4.69) is 27.4 Å². The number of nitrogens with zero attached hydrogens (tertiary/aromatic N) is 5. The maximum Gasteiger partial charge on any atom is 0.159 e. The molecule has 0 unspecified atom stereocenters. The Labute approximate surface area is 135 Å². The quantitative estimate of drug-likeness (QED) is 0.746. The second-order valence-electron chi connectivity index (χ2n) is 4.79. The van der Waals surface area contributed by atoms with E-state index in [1.54, 1.807) is 0 Å². The fourth-order valence-corrected chi connectivity index (χ4v) is 2.13. The summed E-state index contributed by atoms with van der Waals surface area (Å²) in [7, 11) is 0. The summed E-state index contributed by atoms with van der Waals surface area (Å²) >= 11 is 0. The third kappa shape index (κ3) is 4.32. The van der Waals surface area contributed by atoms with Gasteiger partial charge in [-0.3, -0.25) is 0 Å². The molecule has 0 amide bonds. The number of aromatic nitrogens is 2. The highest BCUT2D eigenvalue weighted by Crippen LogP contribution is 2.25. The summed E-state index contributed by atoms with van der Waals surface area (Å²) in [6.45, 7) is 0.748. The van der Waals surface area contributed by atoms with Crippen molar-refractivity contribution in [1.29, 1.82) is 10.5 Å². The number of benzene rings is 1. The molecule has 2 aromatic rings. The minimum Gasteiger partial charge on any atom is -0.393 e. The van der Waals surface area contributed by atoms with Gasteiger partial charge >= 0.3 is 0 Å². The largest absolute Gasteiger partial charge is 0.393 e. The summed E-state index contributed by atoms with van der Waals surface area (Å²) < 4.78 is 0. The molecule has 3 N–H and O–H groups in total. The van der Waals surface area contributed by atoms with E-state index in [1.165, 1.54) is 16.8 Å². The summed E-state index contributed by atoms with van der Waals surface area (Å²) in [5, 5.41) is 20.9. The lowest BCUT2D eigenvalue weighted by atomic mass is 10.1. The van der Waals surface area contributed by atoms with Crippen molar-refractivity contribution >= 4 is 17.3 Å². The van der Waals surface area contributed by atoms with Crippen molar-refractivity contribution in [3.05, 3.63) is 42.2 Å². The molecule has 0 aliphatic carbocycles. The molecule has 0 saturated heterocycles. The molecule has 23 heavy (non-hydrogen) atoms. The lowest BCUT2D eigenvalue weighted by Gasteiger charge is -2.19. The number of nitriles is 2. The van der Waals surface area contributed by atoms with Crippen LogP contribution in [0.2, 0.25) is 0 Å². The molecule has 0 aliphatic heterocycles. The van der Waals surface area contributed by atoms with Crippen LogP contribution < -0.4 is 16.0 Å². The predicted octanol–water partition coefficient (Wildman–Crippen LogP) is 1.57. The number of hydrogen-bond acceptors (Lipinski definition) is 7. The Morgan fingerprint density at radius 1 is 1.09 bits per heavy atom. The number of rotatable bonds is 7. The predicted molar refractivity (Wildman–Crippen MR) is 88.5 cm³/mol. The minimum atomic E-state index is 0.0399. The second-order valence-corrected chi connectivity index (χ2v) is 4.79. The Morgan fingerprint density at radius 2 is 1.78 bits per heavy atom. The highest BCUT2D eigenvalue weighted by atomic mass is 15.2. The van der Waals surface area contributed by atoms with Crippen molar-refractivity contribution in [1.82, 2.24) is 9.97 Å². The average Bonchev–Trinajstić information content (AvgIpc) is 2.57. The van der Waals surface area contributed by atoms with Gasteiger partial charge in [-0.25, -0.2) is 9.97 Å². The Kier molecular flexibility index (Phi) is 5.73. The third-order valence-corrected chi connectivity index (χ3v) is 3.23. The molecule has 0 bridgehead atoms. The summed E-state index contributed by atoms with van der Waals surface area (Å²) in [6, 6.07) is 14.1. The van der Waals surface area contributed by atoms with Crippen LogP contribution in [0, 0.1) is 22.7 Å². The van der Waals surface area contributed by atoms with E-state index >= 15 is 0 Å². The van der Waals surface area contributed by atoms with Crippen molar-refractivity contribution in [2.75, 3.05) is 35.6 Å². The van der Waals surface area contributed by atoms with E-state index < -0.39 is 0 Å². The van der Waals surface area contributed by atoms with Gasteiger partial charge in [0.2, 0.25) is 0 Å². The van der Waals surface area contributed by atoms with Crippen LogP contribution in [0.25, 0.3) is 0 Å². The van der Waals surface area contributed by atoms with Crippen LogP contribution in [0.4, 0.5) is 17.3 Å². The molecule has 7 nitrogen and oxygen atoms in total. The van der Waals surface area contributed by atoms with Gasteiger partial charge in [0.25, 0.3) is 0 Å². The average molecular weight is 307 g/mol. The molecule has 0 aliphatic rings. The van der Waals surface area contributed by atoms with E-state index in [-0.39, 0.29) is 13.1 Å². The molecular weight excluding hydrogens is 290 g/mol. The highest BCUT2D eigenvalue weighted by molar-refractivity contribution is 5.75. The van der Waals surface area contributed by atoms with Crippen LogP contribution >= 0.6 is 0 Å². The molecule has 0 spiro atoms. The van der Waals surface area contributed by atoms with Crippen LogP contribution in [0.15, 0.2) is 36.7 Å². The molecule has 7 heteroatoms. The van der Waals surface area contributed by atoms with Gasteiger partial charge < -0.3 is 16.0 Å². The topological polar surface area (TPSA) is 115 Å². The Balaban J connectivity index is 2.07. The Morgan fingerprint density at radius 3 is 2.43 bits per heavy atom. The summed E-state index contributed by atoms with van der Waals surface area (Å²) in [6.07, 6.45) is 2.21. The molecular formula is C16H17N7. The smallest absolute Gasteiger partial charge is 0.159 e. The molecule has 0 fully saturated rings. The van der Waals surface area contributed by atoms with Crippen molar-refractivity contribution in [2.24, 2.45) is 0 Å². The van der Waals surface area contributed by atoms with E-state index in [0.29, 0.717) is 23.9 Å². The third-order valence-electron chi connectivity index (χ3n) is 3.23. The fraction of sp³-hybridized carbons (Fsp3) is 0.250. The molecule has 0 atom stereocenters. The van der Waals surface area contributed by atoms with Crippen LogP contribution in [0.1, 0.15) is 5.56 Å². The minimum absolute atomic E-state index is 0.0399. The fourth-order valence-electron chi connectivity index (χ4n) is 2.13. The molecule has 1 aromatic carbocycles. The van der Waals surface area contributed by atoms with E-state index in [1.807, 2.05) is 30.3 Å². The van der Waals surface area contributed by atoms with Crippen molar-refractivity contribution in [2.45, 2.75) is 6.42 Å². The first kappa shape index (κ1) is 16.1.